The van der Waals surface area contributed by atoms with Crippen molar-refractivity contribution >= 4 is 6.03 Å². The number of carbonyl (C=O) groups excluding carboxylic acids is 1. The molecule has 0 N–H and O–H groups in total. The Bertz CT molecular complexity index is 249. The van der Waals surface area contributed by atoms with Gasteiger partial charge >= 0.3 is 6.03 Å². The number of amides is 2. The number of azo groups is 1. The molecule has 0 aromatic rings. The first-order valence-electron chi connectivity index (χ1n) is 3.26. The molecule has 1 rings (SSSR count). The number of hydrogen-bond donors (Lipinski definition) is 0. The van der Waals surface area contributed by atoms with Crippen LogP contribution in [0.5, 0.6) is 0 Å². The van der Waals surface area contributed by atoms with Crippen molar-refractivity contribution in [3.63, 3.8) is 0 Å². The van der Waals surface area contributed by atoms with Gasteiger partial charge < -0.3 is 0 Å². The highest BCUT2D eigenvalue weighted by molar-refractivity contribution is 5.77. The second-order valence-electron chi connectivity index (χ2n) is 2.77. The molecule has 0 atom stereocenters. The van der Waals surface area contributed by atoms with Crippen molar-refractivity contribution in [3.8, 4) is 12.3 Å². The van der Waals surface area contributed by atoms with Gasteiger partial charge in [-0.1, -0.05) is 11.0 Å². The molecule has 1 aliphatic rings. The largest absolute Gasteiger partial charge is 0.364 e. The van der Waals surface area contributed by atoms with E-state index in [1.54, 1.807) is 13.8 Å². The monoisotopic (exact) mass is 151 g/mol. The maximum absolute atomic E-state index is 10.9. The zero-order chi connectivity index (χ0) is 8.48. The molecule has 4 heteroatoms. The molecule has 0 saturated heterocycles. The van der Waals surface area contributed by atoms with Crippen LogP contribution >= 0.6 is 0 Å². The lowest BCUT2D eigenvalue weighted by molar-refractivity contribution is 0.180. The predicted molar refractivity (Wildman–Crippen MR) is 39.9 cm³/mol. The van der Waals surface area contributed by atoms with E-state index < -0.39 is 5.66 Å². The zero-order valence-corrected chi connectivity index (χ0v) is 6.53. The van der Waals surface area contributed by atoms with Crippen molar-refractivity contribution in [1.29, 1.82) is 0 Å². The highest BCUT2D eigenvalue weighted by Crippen LogP contribution is 2.23. The van der Waals surface area contributed by atoms with Crippen LogP contribution in [-0.4, -0.2) is 23.1 Å². The summed E-state index contributed by atoms with van der Waals surface area (Å²) in [5, 5.41) is 7.16. The Labute approximate surface area is 65.3 Å². The minimum absolute atomic E-state index is 0.263. The molecule has 58 valence electrons. The number of carbonyl (C=O) groups is 1. The van der Waals surface area contributed by atoms with Gasteiger partial charge in [0, 0.05) is 0 Å². The van der Waals surface area contributed by atoms with Gasteiger partial charge in [0.05, 0.1) is 6.54 Å². The summed E-state index contributed by atoms with van der Waals surface area (Å²) in [7, 11) is 0. The average molecular weight is 151 g/mol. The van der Waals surface area contributed by atoms with E-state index in [2.05, 4.69) is 16.1 Å². The lowest BCUT2D eigenvalue weighted by atomic mass is 10.2. The maximum Gasteiger partial charge on any atom is 0.364 e. The van der Waals surface area contributed by atoms with Crippen molar-refractivity contribution in [2.45, 2.75) is 19.5 Å². The van der Waals surface area contributed by atoms with Gasteiger partial charge in [-0.05, 0) is 13.8 Å². The molecule has 0 aliphatic carbocycles. The third-order valence-corrected chi connectivity index (χ3v) is 1.52. The van der Waals surface area contributed by atoms with E-state index in [9.17, 15) is 4.79 Å². The van der Waals surface area contributed by atoms with Gasteiger partial charge in [-0.15, -0.1) is 6.42 Å². The summed E-state index contributed by atoms with van der Waals surface area (Å²) < 4.78 is 0. The topological polar surface area (TPSA) is 45.0 Å². The fourth-order valence-corrected chi connectivity index (χ4v) is 0.860. The summed E-state index contributed by atoms with van der Waals surface area (Å²) in [6, 6.07) is -0.354. The van der Waals surface area contributed by atoms with E-state index in [0.29, 0.717) is 0 Å². The molecule has 0 aromatic carbocycles. The van der Waals surface area contributed by atoms with Crippen molar-refractivity contribution in [2.75, 3.05) is 6.54 Å². The molecule has 0 spiro atoms. The van der Waals surface area contributed by atoms with Gasteiger partial charge in [-0.25, -0.2) is 4.79 Å². The minimum atomic E-state index is -0.566. The van der Waals surface area contributed by atoms with Crippen LogP contribution in [0.2, 0.25) is 0 Å². The molecule has 0 saturated carbocycles. The van der Waals surface area contributed by atoms with Gasteiger partial charge in [0.1, 0.15) is 0 Å². The highest BCUT2D eigenvalue weighted by Gasteiger charge is 2.35. The molecule has 0 fully saturated rings. The lowest BCUT2D eigenvalue weighted by Gasteiger charge is -2.24. The molecule has 2 amide bonds. The standard InChI is InChI=1S/C7H9N3O/c1-4-5-10-6(11)8-9-7(10,2)3/h1H,5H2,2-3H3. The normalized spacial score (nSPS) is 20.5. The third-order valence-electron chi connectivity index (χ3n) is 1.52. The van der Waals surface area contributed by atoms with E-state index in [1.807, 2.05) is 0 Å². The Morgan fingerprint density at radius 1 is 1.73 bits per heavy atom. The van der Waals surface area contributed by atoms with Gasteiger partial charge in [0.25, 0.3) is 0 Å². The number of rotatable bonds is 1. The predicted octanol–water partition coefficient (Wildman–Crippen LogP) is 1.24. The molecule has 11 heavy (non-hydrogen) atoms. The smallest absolute Gasteiger partial charge is 0.284 e. The molecular formula is C7H9N3O. The van der Waals surface area contributed by atoms with Crippen molar-refractivity contribution in [1.82, 2.24) is 4.90 Å². The first-order chi connectivity index (χ1) is 5.08. The van der Waals surface area contributed by atoms with Crippen LogP contribution in [0.25, 0.3) is 0 Å². The average Bonchev–Trinajstić information content (AvgIpc) is 2.16. The second-order valence-corrected chi connectivity index (χ2v) is 2.77. The summed E-state index contributed by atoms with van der Waals surface area (Å²) in [5.74, 6) is 2.38. The third kappa shape index (κ3) is 1.22. The van der Waals surface area contributed by atoms with Crippen LogP contribution in [0.4, 0.5) is 4.79 Å². The van der Waals surface area contributed by atoms with Crippen LogP contribution in [0, 0.1) is 12.3 Å². The molecule has 0 bridgehead atoms. The fraction of sp³-hybridized carbons (Fsp3) is 0.571. The molecule has 0 unspecified atom stereocenters. The van der Waals surface area contributed by atoms with E-state index in [1.165, 1.54) is 4.90 Å². The van der Waals surface area contributed by atoms with E-state index in [4.69, 9.17) is 6.42 Å². The quantitative estimate of drug-likeness (QED) is 0.520. The summed E-state index contributed by atoms with van der Waals surface area (Å²) in [6.45, 7) is 3.84. The zero-order valence-electron chi connectivity index (χ0n) is 6.53. The lowest BCUT2D eigenvalue weighted by Crippen LogP contribution is -2.40. The Morgan fingerprint density at radius 3 is 2.73 bits per heavy atom. The number of urea groups is 1. The SMILES string of the molecule is C#CCN1C(=O)N=NC1(C)C. The summed E-state index contributed by atoms with van der Waals surface area (Å²) in [5.41, 5.74) is -0.566. The Balaban J connectivity index is 2.80. The molecule has 0 aromatic heterocycles. The van der Waals surface area contributed by atoms with E-state index in [0.717, 1.165) is 0 Å². The van der Waals surface area contributed by atoms with Crippen LogP contribution in [0.1, 0.15) is 13.8 Å². The second kappa shape index (κ2) is 2.35. The first-order valence-corrected chi connectivity index (χ1v) is 3.26. The fourth-order valence-electron chi connectivity index (χ4n) is 0.860. The van der Waals surface area contributed by atoms with Gasteiger partial charge in [-0.2, -0.15) is 5.11 Å². The van der Waals surface area contributed by atoms with Crippen LogP contribution < -0.4 is 0 Å². The number of hydrogen-bond acceptors (Lipinski definition) is 2. The minimum Gasteiger partial charge on any atom is -0.284 e. The Hall–Kier alpha value is -1.37. The summed E-state index contributed by atoms with van der Waals surface area (Å²) in [6.07, 6.45) is 5.06. The molecule has 1 heterocycles. The molecule has 4 nitrogen and oxygen atoms in total. The summed E-state index contributed by atoms with van der Waals surface area (Å²) >= 11 is 0. The van der Waals surface area contributed by atoms with Crippen molar-refractivity contribution in [3.05, 3.63) is 0 Å². The molecule has 0 radical (unpaired) electrons. The van der Waals surface area contributed by atoms with E-state index >= 15 is 0 Å². The van der Waals surface area contributed by atoms with Gasteiger partial charge in [0.15, 0.2) is 5.66 Å². The van der Waals surface area contributed by atoms with Crippen LogP contribution in [0.3, 0.4) is 0 Å². The van der Waals surface area contributed by atoms with Gasteiger partial charge in [-0.3, -0.25) is 4.90 Å². The first kappa shape index (κ1) is 7.73. The Morgan fingerprint density at radius 2 is 2.36 bits per heavy atom. The van der Waals surface area contributed by atoms with E-state index in [-0.39, 0.29) is 12.6 Å². The highest BCUT2D eigenvalue weighted by atomic mass is 16.2. The summed E-state index contributed by atoms with van der Waals surface area (Å²) in [4.78, 5) is 12.4. The molecule has 1 aliphatic heterocycles. The Kier molecular flexibility index (Phi) is 1.65. The maximum atomic E-state index is 10.9. The van der Waals surface area contributed by atoms with Crippen molar-refractivity contribution in [2.24, 2.45) is 10.2 Å². The van der Waals surface area contributed by atoms with Gasteiger partial charge in [0.2, 0.25) is 0 Å². The van der Waals surface area contributed by atoms with Crippen LogP contribution in [-0.2, 0) is 0 Å². The number of terminal acetylenes is 1. The molecular weight excluding hydrogens is 142 g/mol. The van der Waals surface area contributed by atoms with Crippen molar-refractivity contribution < 1.29 is 4.79 Å². The van der Waals surface area contributed by atoms with Crippen LogP contribution in [0.15, 0.2) is 10.2 Å². The number of nitrogens with zero attached hydrogens (tertiary/aromatic N) is 3.